The van der Waals surface area contributed by atoms with Crippen LogP contribution >= 0.6 is 12.4 Å². The summed E-state index contributed by atoms with van der Waals surface area (Å²) < 4.78 is 0. The highest BCUT2D eigenvalue weighted by Gasteiger charge is 2.07. The quantitative estimate of drug-likeness (QED) is 0.842. The predicted molar refractivity (Wildman–Crippen MR) is 83.0 cm³/mol. The first-order chi connectivity index (χ1) is 8.52. The van der Waals surface area contributed by atoms with Crippen molar-refractivity contribution in [3.05, 3.63) is 34.9 Å². The van der Waals surface area contributed by atoms with Crippen LogP contribution in [-0.4, -0.2) is 25.0 Å². The Hall–Kier alpha value is -1.06. The summed E-state index contributed by atoms with van der Waals surface area (Å²) >= 11 is 0. The second-order valence-electron chi connectivity index (χ2n) is 4.87. The van der Waals surface area contributed by atoms with E-state index in [1.165, 1.54) is 11.1 Å². The van der Waals surface area contributed by atoms with Gasteiger partial charge in [0.05, 0.1) is 6.42 Å². The molecule has 0 fully saturated rings. The van der Waals surface area contributed by atoms with Crippen molar-refractivity contribution in [1.82, 2.24) is 10.6 Å². The second kappa shape index (κ2) is 8.94. The Bertz CT molecular complexity index is 407. The van der Waals surface area contributed by atoms with Gasteiger partial charge in [-0.2, -0.15) is 0 Å². The van der Waals surface area contributed by atoms with Gasteiger partial charge < -0.3 is 10.6 Å². The van der Waals surface area contributed by atoms with Crippen molar-refractivity contribution in [3.63, 3.8) is 0 Å². The van der Waals surface area contributed by atoms with Crippen LogP contribution < -0.4 is 10.6 Å². The maximum atomic E-state index is 11.8. The van der Waals surface area contributed by atoms with Crippen LogP contribution in [0.1, 0.15) is 30.5 Å². The van der Waals surface area contributed by atoms with Gasteiger partial charge >= 0.3 is 0 Å². The number of carbonyl (C=O) groups is 1. The molecule has 2 N–H and O–H groups in total. The largest absolute Gasteiger partial charge is 0.354 e. The SMILES string of the molecule is CCN[C@H](C)CNC(=O)Cc1cc(C)ccc1C.Cl. The van der Waals surface area contributed by atoms with Gasteiger partial charge in [0.25, 0.3) is 0 Å². The smallest absolute Gasteiger partial charge is 0.224 e. The predicted octanol–water partition coefficient (Wildman–Crippen LogP) is 2.38. The number of hydrogen-bond acceptors (Lipinski definition) is 2. The Morgan fingerprint density at radius 1 is 1.32 bits per heavy atom. The maximum Gasteiger partial charge on any atom is 0.224 e. The van der Waals surface area contributed by atoms with E-state index in [0.717, 1.165) is 12.1 Å². The Kier molecular flexibility index (Phi) is 8.44. The fourth-order valence-corrected chi connectivity index (χ4v) is 1.91. The molecule has 3 nitrogen and oxygen atoms in total. The van der Waals surface area contributed by atoms with Crippen LogP contribution in [0.4, 0.5) is 0 Å². The molecular weight excluding hydrogens is 260 g/mol. The van der Waals surface area contributed by atoms with E-state index in [1.54, 1.807) is 0 Å². The number of benzene rings is 1. The number of halogens is 1. The van der Waals surface area contributed by atoms with Gasteiger partial charge in [0.15, 0.2) is 0 Å². The first-order valence-electron chi connectivity index (χ1n) is 6.59. The summed E-state index contributed by atoms with van der Waals surface area (Å²) in [5.74, 6) is 0.0912. The number of aryl methyl sites for hydroxylation is 2. The molecule has 1 atom stereocenters. The van der Waals surface area contributed by atoms with Crippen LogP contribution in [0.2, 0.25) is 0 Å². The lowest BCUT2D eigenvalue weighted by atomic mass is 10.0. The minimum atomic E-state index is 0. The van der Waals surface area contributed by atoms with Crippen LogP contribution in [-0.2, 0) is 11.2 Å². The van der Waals surface area contributed by atoms with Crippen molar-refractivity contribution in [2.45, 2.75) is 40.2 Å². The molecule has 0 spiro atoms. The molecule has 0 aliphatic carbocycles. The Morgan fingerprint density at radius 2 is 2.00 bits per heavy atom. The Balaban J connectivity index is 0.00000324. The number of likely N-dealkylation sites (N-methyl/N-ethyl adjacent to an activating group) is 1. The third-order valence-corrected chi connectivity index (χ3v) is 3.01. The molecule has 0 unspecified atom stereocenters. The van der Waals surface area contributed by atoms with Gasteiger partial charge in [-0.05, 0) is 38.4 Å². The molecule has 0 aromatic heterocycles. The van der Waals surface area contributed by atoms with E-state index < -0.39 is 0 Å². The molecule has 4 heteroatoms. The summed E-state index contributed by atoms with van der Waals surface area (Å²) in [6, 6.07) is 6.55. The Labute approximate surface area is 122 Å². The summed E-state index contributed by atoms with van der Waals surface area (Å²) in [5, 5.41) is 6.23. The number of amides is 1. The summed E-state index contributed by atoms with van der Waals surface area (Å²) in [6.07, 6.45) is 0.465. The highest BCUT2D eigenvalue weighted by atomic mass is 35.5. The maximum absolute atomic E-state index is 11.8. The molecule has 1 aromatic carbocycles. The van der Waals surface area contributed by atoms with E-state index in [2.05, 4.69) is 42.7 Å². The zero-order valence-electron chi connectivity index (χ0n) is 12.2. The molecule has 0 bridgehead atoms. The number of nitrogens with one attached hydrogen (secondary N) is 2. The molecule has 1 rings (SSSR count). The summed E-state index contributed by atoms with van der Waals surface area (Å²) in [4.78, 5) is 11.8. The van der Waals surface area contributed by atoms with Gasteiger partial charge in [-0.1, -0.05) is 30.7 Å². The molecular formula is C15H25ClN2O. The molecule has 108 valence electrons. The van der Waals surface area contributed by atoms with Crippen LogP contribution in [0.3, 0.4) is 0 Å². The van der Waals surface area contributed by atoms with E-state index in [0.29, 0.717) is 19.0 Å². The zero-order chi connectivity index (χ0) is 13.5. The average molecular weight is 285 g/mol. The number of carbonyl (C=O) groups excluding carboxylic acids is 1. The highest BCUT2D eigenvalue weighted by Crippen LogP contribution is 2.11. The highest BCUT2D eigenvalue weighted by molar-refractivity contribution is 5.85. The van der Waals surface area contributed by atoms with Gasteiger partial charge in [-0.3, -0.25) is 4.79 Å². The van der Waals surface area contributed by atoms with Gasteiger partial charge in [0, 0.05) is 12.6 Å². The zero-order valence-corrected chi connectivity index (χ0v) is 13.1. The normalized spacial score (nSPS) is 11.6. The van der Waals surface area contributed by atoms with E-state index in [4.69, 9.17) is 0 Å². The molecule has 0 aliphatic rings. The van der Waals surface area contributed by atoms with Crippen LogP contribution in [0.25, 0.3) is 0 Å². The van der Waals surface area contributed by atoms with E-state index in [-0.39, 0.29) is 18.3 Å². The Morgan fingerprint density at radius 3 is 2.63 bits per heavy atom. The monoisotopic (exact) mass is 284 g/mol. The van der Waals surface area contributed by atoms with E-state index >= 15 is 0 Å². The first kappa shape index (κ1) is 17.9. The fraction of sp³-hybridized carbons (Fsp3) is 0.533. The standard InChI is InChI=1S/C15H24N2O.ClH/c1-5-16-13(4)10-17-15(18)9-14-8-11(2)6-7-12(14)3;/h6-8,13,16H,5,9-10H2,1-4H3,(H,17,18);1H/t13-;/m1./s1. The molecule has 0 aliphatic heterocycles. The van der Waals surface area contributed by atoms with Crippen LogP contribution in [0, 0.1) is 13.8 Å². The lowest BCUT2D eigenvalue weighted by molar-refractivity contribution is -0.120. The summed E-state index contributed by atoms with van der Waals surface area (Å²) in [5.41, 5.74) is 3.49. The third-order valence-electron chi connectivity index (χ3n) is 3.01. The fourth-order valence-electron chi connectivity index (χ4n) is 1.91. The third kappa shape index (κ3) is 6.60. The number of hydrogen-bond donors (Lipinski definition) is 2. The number of rotatable bonds is 6. The van der Waals surface area contributed by atoms with E-state index in [1.807, 2.05) is 13.8 Å². The molecule has 1 amide bonds. The lowest BCUT2D eigenvalue weighted by Gasteiger charge is -2.13. The van der Waals surface area contributed by atoms with Crippen LogP contribution in [0.15, 0.2) is 18.2 Å². The molecule has 0 heterocycles. The summed E-state index contributed by atoms with van der Waals surface area (Å²) in [6.45, 7) is 9.83. The van der Waals surface area contributed by atoms with Crippen molar-refractivity contribution < 1.29 is 4.79 Å². The van der Waals surface area contributed by atoms with Crippen molar-refractivity contribution in [2.24, 2.45) is 0 Å². The molecule has 19 heavy (non-hydrogen) atoms. The van der Waals surface area contributed by atoms with Crippen molar-refractivity contribution in [3.8, 4) is 0 Å². The summed E-state index contributed by atoms with van der Waals surface area (Å²) in [7, 11) is 0. The molecule has 1 aromatic rings. The second-order valence-corrected chi connectivity index (χ2v) is 4.87. The molecule has 0 saturated carbocycles. The van der Waals surface area contributed by atoms with Gasteiger partial charge in [0.1, 0.15) is 0 Å². The van der Waals surface area contributed by atoms with Crippen molar-refractivity contribution >= 4 is 18.3 Å². The topological polar surface area (TPSA) is 41.1 Å². The van der Waals surface area contributed by atoms with Crippen molar-refractivity contribution in [1.29, 1.82) is 0 Å². The van der Waals surface area contributed by atoms with Crippen LogP contribution in [0.5, 0.6) is 0 Å². The van der Waals surface area contributed by atoms with Gasteiger partial charge in [0.2, 0.25) is 5.91 Å². The minimum absolute atomic E-state index is 0. The minimum Gasteiger partial charge on any atom is -0.354 e. The molecule has 0 saturated heterocycles. The lowest BCUT2D eigenvalue weighted by Crippen LogP contribution is -2.39. The molecule has 0 radical (unpaired) electrons. The average Bonchev–Trinajstić information content (AvgIpc) is 2.32. The first-order valence-corrected chi connectivity index (χ1v) is 6.59. The van der Waals surface area contributed by atoms with Gasteiger partial charge in [-0.25, -0.2) is 0 Å². The van der Waals surface area contributed by atoms with Crippen molar-refractivity contribution in [2.75, 3.05) is 13.1 Å². The van der Waals surface area contributed by atoms with Gasteiger partial charge in [-0.15, -0.1) is 12.4 Å². The van der Waals surface area contributed by atoms with E-state index in [9.17, 15) is 4.79 Å².